The van der Waals surface area contributed by atoms with Gasteiger partial charge in [0.15, 0.2) is 0 Å². The van der Waals surface area contributed by atoms with E-state index in [0.29, 0.717) is 12.2 Å². The van der Waals surface area contributed by atoms with Crippen molar-refractivity contribution in [2.24, 2.45) is 7.05 Å². The summed E-state index contributed by atoms with van der Waals surface area (Å²) in [6, 6.07) is -0.262. The SMILES string of the molecule is Cn1cc(CNC(=O)Nc2cnn(C(C)(C)C)c2)cn1. The Hall–Kier alpha value is -2.31. The van der Waals surface area contributed by atoms with E-state index in [4.69, 9.17) is 0 Å². The number of nitrogens with one attached hydrogen (secondary N) is 2. The Bertz CT molecular complexity index is 592. The van der Waals surface area contributed by atoms with Crippen LogP contribution in [-0.4, -0.2) is 25.6 Å². The first-order valence-corrected chi connectivity index (χ1v) is 6.42. The van der Waals surface area contributed by atoms with E-state index in [0.717, 1.165) is 5.56 Å². The molecule has 2 aromatic rings. The number of anilines is 1. The van der Waals surface area contributed by atoms with E-state index < -0.39 is 0 Å². The number of hydrogen-bond acceptors (Lipinski definition) is 3. The van der Waals surface area contributed by atoms with Gasteiger partial charge in [-0.25, -0.2) is 4.79 Å². The van der Waals surface area contributed by atoms with E-state index in [-0.39, 0.29) is 11.6 Å². The van der Waals surface area contributed by atoms with Crippen LogP contribution in [0.2, 0.25) is 0 Å². The van der Waals surface area contributed by atoms with Gasteiger partial charge in [-0.1, -0.05) is 0 Å². The van der Waals surface area contributed by atoms with Gasteiger partial charge < -0.3 is 10.6 Å². The standard InChI is InChI=1S/C13H20N6O/c1-13(2,3)19-9-11(7-16-19)17-12(20)14-5-10-6-15-18(4)8-10/h6-9H,5H2,1-4H3,(H2,14,17,20). The Morgan fingerprint density at radius 2 is 2.00 bits per heavy atom. The Morgan fingerprint density at radius 1 is 1.25 bits per heavy atom. The molecule has 7 nitrogen and oxygen atoms in total. The molecule has 2 rings (SSSR count). The molecule has 0 atom stereocenters. The molecule has 0 bridgehead atoms. The summed E-state index contributed by atoms with van der Waals surface area (Å²) in [4.78, 5) is 11.8. The summed E-state index contributed by atoms with van der Waals surface area (Å²) in [5, 5.41) is 13.8. The minimum Gasteiger partial charge on any atom is -0.334 e. The largest absolute Gasteiger partial charge is 0.334 e. The van der Waals surface area contributed by atoms with Gasteiger partial charge in [-0.2, -0.15) is 10.2 Å². The molecule has 2 N–H and O–H groups in total. The summed E-state index contributed by atoms with van der Waals surface area (Å²) in [5.74, 6) is 0. The summed E-state index contributed by atoms with van der Waals surface area (Å²) in [6.07, 6.45) is 7.02. The second-order valence-corrected chi connectivity index (χ2v) is 5.67. The Balaban J connectivity index is 1.87. The highest BCUT2D eigenvalue weighted by atomic mass is 16.2. The highest BCUT2D eigenvalue weighted by Crippen LogP contribution is 2.15. The Kier molecular flexibility index (Phi) is 3.78. The average Bonchev–Trinajstić information content (AvgIpc) is 2.95. The minimum absolute atomic E-state index is 0.105. The molecule has 0 aliphatic carbocycles. The summed E-state index contributed by atoms with van der Waals surface area (Å²) in [5.41, 5.74) is 1.52. The molecule has 0 saturated carbocycles. The fraction of sp³-hybridized carbons (Fsp3) is 0.462. The molecule has 0 aliphatic rings. The Morgan fingerprint density at radius 3 is 2.55 bits per heavy atom. The van der Waals surface area contributed by atoms with Crippen molar-refractivity contribution in [2.75, 3.05) is 5.32 Å². The van der Waals surface area contributed by atoms with Crippen LogP contribution >= 0.6 is 0 Å². The molecule has 0 aromatic carbocycles. The number of urea groups is 1. The lowest BCUT2D eigenvalue weighted by Crippen LogP contribution is -2.28. The third-order valence-electron chi connectivity index (χ3n) is 2.74. The van der Waals surface area contributed by atoms with Crippen molar-refractivity contribution in [1.29, 1.82) is 0 Å². The second kappa shape index (κ2) is 5.36. The number of carbonyl (C=O) groups excluding carboxylic acids is 1. The molecule has 0 saturated heterocycles. The van der Waals surface area contributed by atoms with Crippen LogP contribution in [-0.2, 0) is 19.1 Å². The van der Waals surface area contributed by atoms with Crippen molar-refractivity contribution >= 4 is 11.7 Å². The fourth-order valence-corrected chi connectivity index (χ4v) is 1.68. The van der Waals surface area contributed by atoms with E-state index in [1.165, 1.54) is 0 Å². The van der Waals surface area contributed by atoms with Crippen molar-refractivity contribution in [2.45, 2.75) is 32.9 Å². The zero-order valence-electron chi connectivity index (χ0n) is 12.2. The summed E-state index contributed by atoms with van der Waals surface area (Å²) >= 11 is 0. The summed E-state index contributed by atoms with van der Waals surface area (Å²) < 4.78 is 3.51. The number of carbonyl (C=O) groups is 1. The number of aromatic nitrogens is 4. The first kappa shape index (κ1) is 14.1. The monoisotopic (exact) mass is 276 g/mol. The third kappa shape index (κ3) is 3.59. The van der Waals surface area contributed by atoms with Crippen LogP contribution in [0.4, 0.5) is 10.5 Å². The summed E-state index contributed by atoms with van der Waals surface area (Å²) in [7, 11) is 1.84. The quantitative estimate of drug-likeness (QED) is 0.895. The second-order valence-electron chi connectivity index (χ2n) is 5.67. The molecule has 108 valence electrons. The van der Waals surface area contributed by atoms with Gasteiger partial charge in [-0.05, 0) is 20.8 Å². The van der Waals surface area contributed by atoms with Gasteiger partial charge in [0, 0.05) is 31.5 Å². The maximum absolute atomic E-state index is 11.8. The van der Waals surface area contributed by atoms with Gasteiger partial charge in [-0.15, -0.1) is 0 Å². The van der Waals surface area contributed by atoms with E-state index in [1.807, 2.05) is 44.9 Å². The lowest BCUT2D eigenvalue weighted by molar-refractivity contribution is 0.251. The highest BCUT2D eigenvalue weighted by molar-refractivity contribution is 5.88. The van der Waals surface area contributed by atoms with E-state index in [2.05, 4.69) is 20.8 Å². The molecule has 2 aromatic heterocycles. The molecule has 0 unspecified atom stereocenters. The van der Waals surface area contributed by atoms with E-state index in [9.17, 15) is 4.79 Å². The maximum atomic E-state index is 11.8. The van der Waals surface area contributed by atoms with Crippen LogP contribution in [0.1, 0.15) is 26.3 Å². The molecule has 2 amide bonds. The normalized spacial score (nSPS) is 11.4. The predicted molar refractivity (Wildman–Crippen MR) is 76.3 cm³/mol. The number of rotatable bonds is 3. The van der Waals surface area contributed by atoms with Crippen LogP contribution in [0.25, 0.3) is 0 Å². The van der Waals surface area contributed by atoms with E-state index in [1.54, 1.807) is 17.1 Å². The lowest BCUT2D eigenvalue weighted by atomic mass is 10.1. The van der Waals surface area contributed by atoms with Crippen molar-refractivity contribution in [3.05, 3.63) is 30.4 Å². The highest BCUT2D eigenvalue weighted by Gasteiger charge is 2.14. The molecule has 0 spiro atoms. The predicted octanol–water partition coefficient (Wildman–Crippen LogP) is 1.69. The molecule has 0 aliphatic heterocycles. The number of hydrogen-bond donors (Lipinski definition) is 2. The first-order valence-electron chi connectivity index (χ1n) is 6.42. The van der Waals surface area contributed by atoms with Gasteiger partial charge in [0.05, 0.1) is 23.6 Å². The molecular weight excluding hydrogens is 256 g/mol. The van der Waals surface area contributed by atoms with Crippen molar-refractivity contribution in [3.8, 4) is 0 Å². The fourth-order valence-electron chi connectivity index (χ4n) is 1.68. The third-order valence-corrected chi connectivity index (χ3v) is 2.74. The molecular formula is C13H20N6O. The average molecular weight is 276 g/mol. The van der Waals surface area contributed by atoms with Gasteiger partial charge in [0.2, 0.25) is 0 Å². The molecule has 2 heterocycles. The van der Waals surface area contributed by atoms with Crippen molar-refractivity contribution in [3.63, 3.8) is 0 Å². The van der Waals surface area contributed by atoms with Crippen LogP contribution in [0, 0.1) is 0 Å². The van der Waals surface area contributed by atoms with Crippen LogP contribution in [0.3, 0.4) is 0 Å². The van der Waals surface area contributed by atoms with Gasteiger partial charge >= 0.3 is 6.03 Å². The smallest absolute Gasteiger partial charge is 0.319 e. The van der Waals surface area contributed by atoms with Crippen molar-refractivity contribution < 1.29 is 4.79 Å². The maximum Gasteiger partial charge on any atom is 0.319 e. The molecule has 7 heteroatoms. The number of amides is 2. The van der Waals surface area contributed by atoms with Gasteiger partial charge in [0.25, 0.3) is 0 Å². The molecule has 0 radical (unpaired) electrons. The zero-order valence-corrected chi connectivity index (χ0v) is 12.2. The Labute approximate surface area is 118 Å². The number of aryl methyl sites for hydroxylation is 1. The van der Waals surface area contributed by atoms with Crippen molar-refractivity contribution in [1.82, 2.24) is 24.9 Å². The van der Waals surface area contributed by atoms with Crippen LogP contribution in [0.5, 0.6) is 0 Å². The van der Waals surface area contributed by atoms with Crippen LogP contribution < -0.4 is 10.6 Å². The molecule has 0 fully saturated rings. The minimum atomic E-state index is -0.262. The van der Waals surface area contributed by atoms with Crippen LogP contribution in [0.15, 0.2) is 24.8 Å². The van der Waals surface area contributed by atoms with Gasteiger partial charge in [0.1, 0.15) is 0 Å². The molecule has 20 heavy (non-hydrogen) atoms. The first-order chi connectivity index (χ1) is 9.34. The topological polar surface area (TPSA) is 76.8 Å². The lowest BCUT2D eigenvalue weighted by Gasteiger charge is -2.18. The number of nitrogens with zero attached hydrogens (tertiary/aromatic N) is 4. The zero-order chi connectivity index (χ0) is 14.8. The summed E-state index contributed by atoms with van der Waals surface area (Å²) in [6.45, 7) is 6.58. The van der Waals surface area contributed by atoms with E-state index >= 15 is 0 Å². The van der Waals surface area contributed by atoms with Gasteiger partial charge in [-0.3, -0.25) is 9.36 Å².